The van der Waals surface area contributed by atoms with Crippen LogP contribution in [0.5, 0.6) is 0 Å². The zero-order chi connectivity index (χ0) is 12.0. The van der Waals surface area contributed by atoms with Crippen molar-refractivity contribution in [3.05, 3.63) is 30.3 Å². The maximum atomic E-state index is 11.6. The van der Waals surface area contributed by atoms with Crippen LogP contribution in [-0.4, -0.2) is 38.7 Å². The fourth-order valence-electron chi connectivity index (χ4n) is 1.21. The summed E-state index contributed by atoms with van der Waals surface area (Å²) >= 11 is -0.0956. The van der Waals surface area contributed by atoms with Crippen molar-refractivity contribution in [3.8, 4) is 0 Å². The Hall–Kier alpha value is -0.831. The topological polar surface area (TPSA) is 46.5 Å². The Morgan fingerprint density at radius 3 is 2.56 bits per heavy atom. The number of aliphatic hydroxyl groups is 1. The number of ether oxygens (including phenoxy) is 1. The van der Waals surface area contributed by atoms with E-state index in [9.17, 15) is 9.90 Å². The molecule has 16 heavy (non-hydrogen) atoms. The van der Waals surface area contributed by atoms with Gasteiger partial charge < -0.3 is 0 Å². The van der Waals surface area contributed by atoms with E-state index in [0.29, 0.717) is 6.61 Å². The molecule has 0 aliphatic carbocycles. The Bertz CT molecular complexity index is 324. The van der Waals surface area contributed by atoms with Crippen LogP contribution in [0.15, 0.2) is 30.3 Å². The van der Waals surface area contributed by atoms with Crippen LogP contribution in [-0.2, 0) is 9.53 Å². The standard InChI is InChI=1S/C12H16O3Se/c1-3-15-12(14)11(9(2)13)16-10-7-5-4-6-8-10/h4-9,11,13H,3H2,1-2H3/t9-,11-/m0/s1. The number of carbonyl (C=O) groups excluding carboxylic acids is 1. The van der Waals surface area contributed by atoms with Gasteiger partial charge in [0.15, 0.2) is 0 Å². The predicted molar refractivity (Wildman–Crippen MR) is 63.9 cm³/mol. The number of esters is 1. The maximum absolute atomic E-state index is 11.6. The first-order valence-corrected chi connectivity index (χ1v) is 7.06. The van der Waals surface area contributed by atoms with Gasteiger partial charge in [-0.25, -0.2) is 0 Å². The molecule has 0 amide bonds. The summed E-state index contributed by atoms with van der Waals surface area (Å²) in [6.07, 6.45) is -0.667. The van der Waals surface area contributed by atoms with Crippen molar-refractivity contribution in [2.45, 2.75) is 24.8 Å². The normalized spacial score (nSPS) is 14.2. The molecule has 0 bridgehead atoms. The minimum absolute atomic E-state index is 0.0956. The van der Waals surface area contributed by atoms with Gasteiger partial charge >= 0.3 is 102 Å². The number of hydrogen-bond acceptors (Lipinski definition) is 3. The van der Waals surface area contributed by atoms with Crippen molar-refractivity contribution in [1.82, 2.24) is 0 Å². The molecule has 1 aromatic carbocycles. The van der Waals surface area contributed by atoms with Gasteiger partial charge in [-0.2, -0.15) is 0 Å². The molecule has 3 nitrogen and oxygen atoms in total. The predicted octanol–water partition coefficient (Wildman–Crippen LogP) is 0.748. The van der Waals surface area contributed by atoms with E-state index in [4.69, 9.17) is 4.74 Å². The summed E-state index contributed by atoms with van der Waals surface area (Å²) < 4.78 is 6.05. The Balaban J connectivity index is 2.69. The molecule has 0 aromatic heterocycles. The van der Waals surface area contributed by atoms with Crippen LogP contribution in [0.1, 0.15) is 13.8 Å². The van der Waals surface area contributed by atoms with E-state index in [2.05, 4.69) is 0 Å². The van der Waals surface area contributed by atoms with Gasteiger partial charge in [-0.05, 0) is 0 Å². The van der Waals surface area contributed by atoms with Crippen LogP contribution in [0.3, 0.4) is 0 Å². The van der Waals surface area contributed by atoms with Crippen LogP contribution in [0.25, 0.3) is 0 Å². The summed E-state index contributed by atoms with van der Waals surface area (Å²) in [6.45, 7) is 3.76. The summed E-state index contributed by atoms with van der Waals surface area (Å²) in [5, 5.41) is 9.59. The third-order valence-corrected chi connectivity index (χ3v) is 4.87. The Morgan fingerprint density at radius 1 is 1.44 bits per heavy atom. The van der Waals surface area contributed by atoms with Gasteiger partial charge in [-0.3, -0.25) is 0 Å². The average Bonchev–Trinajstić information content (AvgIpc) is 2.27. The van der Waals surface area contributed by atoms with Gasteiger partial charge in [0.05, 0.1) is 0 Å². The van der Waals surface area contributed by atoms with Crippen LogP contribution in [0.4, 0.5) is 0 Å². The molecule has 88 valence electrons. The van der Waals surface area contributed by atoms with Crippen molar-refractivity contribution >= 4 is 25.4 Å². The molecule has 2 atom stereocenters. The fourth-order valence-corrected chi connectivity index (χ4v) is 3.25. The molecule has 0 aliphatic rings. The van der Waals surface area contributed by atoms with Gasteiger partial charge in [0.25, 0.3) is 0 Å². The molecule has 1 aromatic rings. The van der Waals surface area contributed by atoms with Crippen molar-refractivity contribution < 1.29 is 14.6 Å². The van der Waals surface area contributed by atoms with Gasteiger partial charge in [-0.15, -0.1) is 0 Å². The van der Waals surface area contributed by atoms with E-state index >= 15 is 0 Å². The molecule has 1 rings (SSSR count). The molecule has 0 saturated heterocycles. The van der Waals surface area contributed by atoms with E-state index in [0.717, 1.165) is 4.46 Å². The van der Waals surface area contributed by atoms with E-state index < -0.39 is 10.9 Å². The second kappa shape index (κ2) is 6.69. The van der Waals surface area contributed by atoms with Crippen LogP contribution in [0, 0.1) is 0 Å². The van der Waals surface area contributed by atoms with Crippen molar-refractivity contribution in [2.75, 3.05) is 6.61 Å². The molecular weight excluding hydrogens is 271 g/mol. The molecule has 0 radical (unpaired) electrons. The van der Waals surface area contributed by atoms with Gasteiger partial charge in [0, 0.05) is 0 Å². The zero-order valence-corrected chi connectivity index (χ0v) is 11.1. The molecule has 0 fully saturated rings. The number of carbonyl (C=O) groups is 1. The minimum atomic E-state index is -0.667. The third kappa shape index (κ3) is 3.97. The summed E-state index contributed by atoms with van der Waals surface area (Å²) in [5.74, 6) is -0.304. The summed E-state index contributed by atoms with van der Waals surface area (Å²) in [4.78, 5) is 11.2. The Labute approximate surface area is 102 Å². The van der Waals surface area contributed by atoms with Gasteiger partial charge in [-0.1, -0.05) is 0 Å². The monoisotopic (exact) mass is 288 g/mol. The molecule has 0 spiro atoms. The van der Waals surface area contributed by atoms with Crippen molar-refractivity contribution in [3.63, 3.8) is 0 Å². The number of benzene rings is 1. The van der Waals surface area contributed by atoms with Crippen molar-refractivity contribution in [1.29, 1.82) is 0 Å². The quantitative estimate of drug-likeness (QED) is 0.642. The molecule has 0 unspecified atom stereocenters. The van der Waals surface area contributed by atoms with Crippen LogP contribution >= 0.6 is 0 Å². The number of aliphatic hydroxyl groups excluding tert-OH is 1. The number of rotatable bonds is 5. The van der Waals surface area contributed by atoms with Crippen molar-refractivity contribution in [2.24, 2.45) is 0 Å². The molecule has 0 saturated carbocycles. The molecular formula is C12H16O3Se. The molecule has 4 heteroatoms. The van der Waals surface area contributed by atoms with Crippen LogP contribution < -0.4 is 4.46 Å². The second-order valence-corrected chi connectivity index (χ2v) is 5.89. The SMILES string of the molecule is CCOC(=O)[C@@H]([Se]c1ccccc1)[C@H](C)O. The van der Waals surface area contributed by atoms with Crippen LogP contribution in [0.2, 0.25) is 4.82 Å². The molecule has 1 N–H and O–H groups in total. The van der Waals surface area contributed by atoms with E-state index in [1.54, 1.807) is 13.8 Å². The Kier molecular flexibility index (Phi) is 5.53. The molecule has 0 heterocycles. The second-order valence-electron chi connectivity index (χ2n) is 3.34. The fraction of sp³-hybridized carbons (Fsp3) is 0.417. The summed E-state index contributed by atoms with van der Waals surface area (Å²) in [6, 6.07) is 9.73. The number of hydrogen-bond donors (Lipinski definition) is 1. The average molecular weight is 287 g/mol. The first kappa shape index (κ1) is 13.2. The van der Waals surface area contributed by atoms with Gasteiger partial charge in [0.2, 0.25) is 0 Å². The van der Waals surface area contributed by atoms with E-state index in [1.807, 2.05) is 30.3 Å². The summed E-state index contributed by atoms with van der Waals surface area (Å²) in [5.41, 5.74) is 0. The molecule has 0 aliphatic heterocycles. The first-order chi connectivity index (χ1) is 7.65. The third-order valence-electron chi connectivity index (χ3n) is 1.96. The zero-order valence-electron chi connectivity index (χ0n) is 9.42. The van der Waals surface area contributed by atoms with Gasteiger partial charge in [0.1, 0.15) is 0 Å². The van der Waals surface area contributed by atoms with E-state index in [-0.39, 0.29) is 20.9 Å². The first-order valence-electron chi connectivity index (χ1n) is 5.21. The van der Waals surface area contributed by atoms with E-state index in [1.165, 1.54) is 0 Å². The Morgan fingerprint density at radius 2 is 2.06 bits per heavy atom. The summed E-state index contributed by atoms with van der Waals surface area (Å²) in [7, 11) is 0.